The minimum absolute atomic E-state index is 0.492. The Balaban J connectivity index is 2.28. The van der Waals surface area contributed by atoms with Crippen molar-refractivity contribution in [2.75, 3.05) is 0 Å². The summed E-state index contributed by atoms with van der Waals surface area (Å²) in [6.07, 6.45) is 14.1. The van der Waals surface area contributed by atoms with Gasteiger partial charge in [0.15, 0.2) is 0 Å². The first-order valence-corrected chi connectivity index (χ1v) is 4.43. The summed E-state index contributed by atoms with van der Waals surface area (Å²) in [5.74, 6) is 0.492. The Morgan fingerprint density at radius 3 is 3.08 bits per heavy atom. The first kappa shape index (κ1) is 7.41. The third-order valence-electron chi connectivity index (χ3n) is 2.17. The molecule has 2 bridgehead atoms. The highest BCUT2D eigenvalue weighted by atomic mass is 14.9. The van der Waals surface area contributed by atoms with Gasteiger partial charge in [-0.05, 0) is 12.5 Å². The third-order valence-corrected chi connectivity index (χ3v) is 2.17. The molecule has 12 heavy (non-hydrogen) atoms. The third kappa shape index (κ3) is 1.35. The quantitative estimate of drug-likeness (QED) is 0.620. The van der Waals surface area contributed by atoms with Gasteiger partial charge in [-0.15, -0.1) is 0 Å². The topological polar surface area (TPSA) is 12.0 Å². The zero-order valence-corrected chi connectivity index (χ0v) is 7.25. The fourth-order valence-corrected chi connectivity index (χ4v) is 1.52. The van der Waals surface area contributed by atoms with Gasteiger partial charge in [-0.25, -0.2) is 0 Å². The Bertz CT molecular complexity index is 292. The number of dihydropyridines is 1. The standard InChI is InChI=1S/C11H13N/c1-2-10-7-9-5-3-4-6-11(8-9)12-10/h3-9,12H,2H2,1H3. The Kier molecular flexibility index (Phi) is 1.86. The van der Waals surface area contributed by atoms with Crippen molar-refractivity contribution in [3.05, 3.63) is 47.9 Å². The fraction of sp³-hybridized carbons (Fsp3) is 0.273. The van der Waals surface area contributed by atoms with E-state index < -0.39 is 0 Å². The van der Waals surface area contributed by atoms with Crippen LogP contribution < -0.4 is 5.32 Å². The van der Waals surface area contributed by atoms with E-state index in [-0.39, 0.29) is 0 Å². The maximum Gasteiger partial charge on any atom is 0.0350 e. The maximum atomic E-state index is 3.37. The van der Waals surface area contributed by atoms with Crippen molar-refractivity contribution in [3.63, 3.8) is 0 Å². The molecule has 0 aromatic carbocycles. The number of rotatable bonds is 1. The van der Waals surface area contributed by atoms with Gasteiger partial charge in [-0.1, -0.05) is 37.3 Å². The summed E-state index contributed by atoms with van der Waals surface area (Å²) in [7, 11) is 0. The summed E-state index contributed by atoms with van der Waals surface area (Å²) in [5, 5.41) is 3.37. The molecule has 0 amide bonds. The molecule has 0 spiro atoms. The lowest BCUT2D eigenvalue weighted by Crippen LogP contribution is -2.16. The van der Waals surface area contributed by atoms with E-state index in [1.807, 2.05) is 0 Å². The Morgan fingerprint density at radius 2 is 2.25 bits per heavy atom. The number of hydrogen-bond donors (Lipinski definition) is 1. The van der Waals surface area contributed by atoms with Crippen LogP contribution in [0.15, 0.2) is 47.9 Å². The Hall–Kier alpha value is -1.24. The molecule has 1 unspecified atom stereocenters. The van der Waals surface area contributed by atoms with Crippen LogP contribution in [-0.2, 0) is 0 Å². The molecule has 1 N–H and O–H groups in total. The molecule has 0 aromatic rings. The molecule has 0 fully saturated rings. The minimum atomic E-state index is 0.492. The van der Waals surface area contributed by atoms with E-state index >= 15 is 0 Å². The van der Waals surface area contributed by atoms with E-state index in [9.17, 15) is 0 Å². The lowest BCUT2D eigenvalue weighted by atomic mass is 10.0. The average molecular weight is 159 g/mol. The zero-order chi connectivity index (χ0) is 8.39. The van der Waals surface area contributed by atoms with Crippen molar-refractivity contribution in [2.45, 2.75) is 13.3 Å². The first-order chi connectivity index (χ1) is 5.88. The molecule has 2 aliphatic rings. The van der Waals surface area contributed by atoms with Crippen LogP contribution in [-0.4, -0.2) is 0 Å². The molecule has 1 aliphatic heterocycles. The summed E-state index contributed by atoms with van der Waals surface area (Å²) >= 11 is 0. The Morgan fingerprint density at radius 1 is 1.33 bits per heavy atom. The van der Waals surface area contributed by atoms with Crippen molar-refractivity contribution in [2.24, 2.45) is 5.92 Å². The van der Waals surface area contributed by atoms with Crippen molar-refractivity contribution >= 4 is 0 Å². The van der Waals surface area contributed by atoms with Crippen LogP contribution in [0.2, 0.25) is 0 Å². The van der Waals surface area contributed by atoms with Crippen molar-refractivity contribution in [3.8, 4) is 0 Å². The second-order valence-corrected chi connectivity index (χ2v) is 3.11. The molecule has 2 rings (SSSR count). The highest BCUT2D eigenvalue weighted by molar-refractivity contribution is 5.35. The zero-order valence-electron chi connectivity index (χ0n) is 7.25. The second-order valence-electron chi connectivity index (χ2n) is 3.11. The molecular formula is C11H13N. The van der Waals surface area contributed by atoms with E-state index in [0.29, 0.717) is 5.92 Å². The fourth-order valence-electron chi connectivity index (χ4n) is 1.52. The number of allylic oxidation sites excluding steroid dienone is 7. The number of hydrogen-bond acceptors (Lipinski definition) is 1. The van der Waals surface area contributed by atoms with Gasteiger partial charge in [0.2, 0.25) is 0 Å². The predicted octanol–water partition coefficient (Wildman–Crippen LogP) is 2.51. The van der Waals surface area contributed by atoms with Crippen LogP contribution >= 0.6 is 0 Å². The van der Waals surface area contributed by atoms with E-state index in [0.717, 1.165) is 6.42 Å². The predicted molar refractivity (Wildman–Crippen MR) is 51.4 cm³/mol. The molecule has 1 heteroatoms. The van der Waals surface area contributed by atoms with Gasteiger partial charge in [0.1, 0.15) is 0 Å². The van der Waals surface area contributed by atoms with Crippen LogP contribution in [0, 0.1) is 5.92 Å². The van der Waals surface area contributed by atoms with Crippen LogP contribution in [0.5, 0.6) is 0 Å². The molecule has 1 nitrogen and oxygen atoms in total. The van der Waals surface area contributed by atoms with Gasteiger partial charge < -0.3 is 5.32 Å². The first-order valence-electron chi connectivity index (χ1n) is 4.43. The molecule has 0 radical (unpaired) electrons. The largest absolute Gasteiger partial charge is 0.359 e. The van der Waals surface area contributed by atoms with Gasteiger partial charge in [-0.3, -0.25) is 0 Å². The lowest BCUT2D eigenvalue weighted by Gasteiger charge is -2.17. The average Bonchev–Trinajstić information content (AvgIpc) is 2.27. The molecule has 62 valence electrons. The second kappa shape index (κ2) is 3.02. The molecule has 1 heterocycles. The molecule has 1 aliphatic carbocycles. The highest BCUT2D eigenvalue weighted by Gasteiger charge is 2.09. The van der Waals surface area contributed by atoms with E-state index in [4.69, 9.17) is 0 Å². The van der Waals surface area contributed by atoms with Crippen LogP contribution in [0.3, 0.4) is 0 Å². The van der Waals surface area contributed by atoms with E-state index in [1.165, 1.54) is 11.4 Å². The van der Waals surface area contributed by atoms with Crippen LogP contribution in [0.25, 0.3) is 0 Å². The van der Waals surface area contributed by atoms with Crippen LogP contribution in [0.4, 0.5) is 0 Å². The molecule has 1 atom stereocenters. The lowest BCUT2D eigenvalue weighted by molar-refractivity contribution is 0.833. The van der Waals surface area contributed by atoms with Gasteiger partial charge >= 0.3 is 0 Å². The van der Waals surface area contributed by atoms with Gasteiger partial charge in [-0.2, -0.15) is 0 Å². The minimum Gasteiger partial charge on any atom is -0.359 e. The summed E-state index contributed by atoms with van der Waals surface area (Å²) in [6, 6.07) is 0. The maximum absolute atomic E-state index is 3.37. The molecule has 0 aromatic heterocycles. The van der Waals surface area contributed by atoms with Gasteiger partial charge in [0, 0.05) is 17.3 Å². The number of nitrogens with one attached hydrogen (secondary N) is 1. The van der Waals surface area contributed by atoms with E-state index in [2.05, 4.69) is 48.7 Å². The SMILES string of the molecule is CCC1=CC2C=CC=CC(=C2)N1. The van der Waals surface area contributed by atoms with Gasteiger partial charge in [0.05, 0.1) is 0 Å². The van der Waals surface area contributed by atoms with E-state index in [1.54, 1.807) is 0 Å². The smallest absolute Gasteiger partial charge is 0.0350 e. The normalized spacial score (nSPS) is 25.6. The Labute approximate surface area is 73.2 Å². The summed E-state index contributed by atoms with van der Waals surface area (Å²) in [4.78, 5) is 0. The summed E-state index contributed by atoms with van der Waals surface area (Å²) in [5.41, 5.74) is 2.55. The molecule has 0 saturated carbocycles. The van der Waals surface area contributed by atoms with Gasteiger partial charge in [0.25, 0.3) is 0 Å². The van der Waals surface area contributed by atoms with Crippen molar-refractivity contribution < 1.29 is 0 Å². The summed E-state index contributed by atoms with van der Waals surface area (Å²) < 4.78 is 0. The highest BCUT2D eigenvalue weighted by Crippen LogP contribution is 2.19. The monoisotopic (exact) mass is 159 g/mol. The summed E-state index contributed by atoms with van der Waals surface area (Å²) in [6.45, 7) is 2.17. The molecule has 0 saturated heterocycles. The van der Waals surface area contributed by atoms with Crippen molar-refractivity contribution in [1.29, 1.82) is 0 Å². The number of fused-ring (bicyclic) bond motifs is 1. The van der Waals surface area contributed by atoms with Crippen molar-refractivity contribution in [1.82, 2.24) is 5.32 Å². The molecular weight excluding hydrogens is 146 g/mol. The van der Waals surface area contributed by atoms with Crippen LogP contribution in [0.1, 0.15) is 13.3 Å².